The Hall–Kier alpha value is -2.97. The van der Waals surface area contributed by atoms with E-state index in [4.69, 9.17) is 39.5 Å². The Morgan fingerprint density at radius 3 is 1.91 bits per heavy atom. The molecule has 0 aliphatic carbocycles. The summed E-state index contributed by atoms with van der Waals surface area (Å²) in [5.41, 5.74) is 2.61. The fourth-order valence-corrected chi connectivity index (χ4v) is 7.02. The Morgan fingerprint density at radius 1 is 0.721 bits per heavy atom. The normalized spacial score (nSPS) is 10.4. The van der Waals surface area contributed by atoms with E-state index in [-0.39, 0.29) is 22.5 Å². The van der Waals surface area contributed by atoms with Crippen LogP contribution in [0.4, 0.5) is 0 Å². The zero-order chi connectivity index (χ0) is 30.9. The number of fused-ring (bicyclic) bond motifs is 2. The summed E-state index contributed by atoms with van der Waals surface area (Å²) in [6.07, 6.45) is 0. The molecule has 4 heterocycles. The molecule has 4 aromatic heterocycles. The maximum Gasteiger partial charge on any atom is 0.339 e. The Labute approximate surface area is 278 Å². The van der Waals surface area contributed by atoms with Gasteiger partial charge in [-0.15, -0.1) is 35.3 Å². The molecule has 0 N–H and O–H groups in total. The van der Waals surface area contributed by atoms with Crippen LogP contribution >= 0.6 is 81.9 Å². The number of aromatic nitrogens is 4. The lowest BCUT2D eigenvalue weighted by Crippen LogP contribution is -2.02. The second kappa shape index (κ2) is 15.7. The van der Waals surface area contributed by atoms with Crippen molar-refractivity contribution < 1.29 is 19.1 Å². The van der Waals surface area contributed by atoms with E-state index in [9.17, 15) is 9.59 Å². The predicted molar refractivity (Wildman–Crippen MR) is 177 cm³/mol. The van der Waals surface area contributed by atoms with E-state index >= 15 is 0 Å². The van der Waals surface area contributed by atoms with Gasteiger partial charge in [0.2, 0.25) is 10.6 Å². The molecule has 0 unspecified atom stereocenters. The van der Waals surface area contributed by atoms with Crippen molar-refractivity contribution in [1.29, 1.82) is 0 Å². The second-order valence-corrected chi connectivity index (χ2v) is 12.3. The first-order valence-corrected chi connectivity index (χ1v) is 16.1. The van der Waals surface area contributed by atoms with Gasteiger partial charge in [0.1, 0.15) is 5.03 Å². The van der Waals surface area contributed by atoms with Crippen molar-refractivity contribution in [2.24, 2.45) is 0 Å². The molecule has 43 heavy (non-hydrogen) atoms. The summed E-state index contributed by atoms with van der Waals surface area (Å²) in [5.74, 6) is -0.726. The van der Waals surface area contributed by atoms with E-state index in [0.717, 1.165) is 30.4 Å². The summed E-state index contributed by atoms with van der Waals surface area (Å²) in [6, 6.07) is 18.0. The minimum absolute atomic E-state index is 0.193. The van der Waals surface area contributed by atoms with Gasteiger partial charge < -0.3 is 9.47 Å². The molecule has 0 amide bonds. The van der Waals surface area contributed by atoms with Crippen LogP contribution in [0.2, 0.25) is 15.7 Å². The van der Waals surface area contributed by atoms with Crippen LogP contribution in [0.3, 0.4) is 0 Å². The first kappa shape index (κ1) is 32.9. The molecule has 6 rings (SSSR count). The van der Waals surface area contributed by atoms with E-state index in [2.05, 4.69) is 37.3 Å². The molecule has 0 saturated carbocycles. The number of hydrogen-bond donors (Lipinski definition) is 1. The molecule has 15 heteroatoms. The molecule has 6 aromatic rings. The molecule has 0 spiro atoms. The topological polar surface area (TPSA) is 104 Å². The number of ether oxygens (including phenoxy) is 2. The fourth-order valence-electron chi connectivity index (χ4n) is 3.37. The van der Waals surface area contributed by atoms with Crippen molar-refractivity contribution >= 4 is 114 Å². The molecule has 0 aliphatic heterocycles. The zero-order valence-corrected chi connectivity index (χ0v) is 27.8. The quantitative estimate of drug-likeness (QED) is 0.0831. The maximum absolute atomic E-state index is 11.8. The van der Waals surface area contributed by atoms with Crippen molar-refractivity contribution in [1.82, 2.24) is 19.9 Å². The van der Waals surface area contributed by atoms with Crippen LogP contribution in [0.5, 0.6) is 0 Å². The van der Waals surface area contributed by atoms with Crippen molar-refractivity contribution in [3.63, 3.8) is 0 Å². The van der Waals surface area contributed by atoms with E-state index in [0.29, 0.717) is 21.2 Å². The maximum atomic E-state index is 11.8. The third-order valence-electron chi connectivity index (χ3n) is 5.29. The van der Waals surface area contributed by atoms with Gasteiger partial charge in [-0.25, -0.2) is 29.5 Å². The van der Waals surface area contributed by atoms with Gasteiger partial charge in [-0.1, -0.05) is 47.6 Å². The third-order valence-corrected chi connectivity index (χ3v) is 9.42. The molecular formula is C28H19Cl3N4O4S4. The van der Waals surface area contributed by atoms with Gasteiger partial charge in [-0.05, 0) is 70.4 Å². The van der Waals surface area contributed by atoms with Gasteiger partial charge in [-0.2, -0.15) is 0 Å². The minimum atomic E-state index is -0.374. The van der Waals surface area contributed by atoms with Crippen LogP contribution in [0.15, 0.2) is 86.2 Å². The number of halogens is 3. The smallest absolute Gasteiger partial charge is 0.339 e. The van der Waals surface area contributed by atoms with Crippen LogP contribution in [0, 0.1) is 0 Å². The van der Waals surface area contributed by atoms with Gasteiger partial charge in [0.05, 0.1) is 45.8 Å². The minimum Gasteiger partial charge on any atom is -0.465 e. The molecule has 0 aliphatic rings. The summed E-state index contributed by atoms with van der Waals surface area (Å²) in [5, 5.41) is 5.39. The number of nitrogens with zero attached hydrogens (tertiary/aromatic N) is 4. The van der Waals surface area contributed by atoms with Crippen molar-refractivity contribution in [3.8, 4) is 0 Å². The Morgan fingerprint density at radius 2 is 1.26 bits per heavy atom. The van der Waals surface area contributed by atoms with Crippen molar-refractivity contribution in [3.05, 3.63) is 98.3 Å². The van der Waals surface area contributed by atoms with Crippen LogP contribution in [-0.4, -0.2) is 46.1 Å². The van der Waals surface area contributed by atoms with Crippen LogP contribution in [0.25, 0.3) is 20.4 Å². The highest BCUT2D eigenvalue weighted by atomic mass is 35.5. The largest absolute Gasteiger partial charge is 0.465 e. The van der Waals surface area contributed by atoms with E-state index < -0.39 is 0 Å². The second-order valence-electron chi connectivity index (χ2n) is 7.95. The number of carbonyl (C=O) groups excluding carboxylic acids is 2. The Balaban J connectivity index is 0.000000162. The molecule has 220 valence electrons. The van der Waals surface area contributed by atoms with E-state index in [1.54, 1.807) is 41.7 Å². The average molecular weight is 710 g/mol. The molecule has 0 saturated heterocycles. The summed E-state index contributed by atoms with van der Waals surface area (Å²) in [7, 11) is 2.71. The van der Waals surface area contributed by atoms with Gasteiger partial charge >= 0.3 is 11.9 Å². The summed E-state index contributed by atoms with van der Waals surface area (Å²) in [6.45, 7) is 0. The number of thiol groups is 1. The number of rotatable bonds is 4. The number of hydrogen-bond acceptors (Lipinski definition) is 12. The van der Waals surface area contributed by atoms with Gasteiger partial charge in [-0.3, -0.25) is 0 Å². The molecule has 8 nitrogen and oxygen atoms in total. The molecule has 2 aromatic carbocycles. The fraction of sp³-hybridized carbons (Fsp3) is 0.0714. The van der Waals surface area contributed by atoms with Gasteiger partial charge in [0.25, 0.3) is 0 Å². The van der Waals surface area contributed by atoms with E-state index in [1.165, 1.54) is 37.3 Å². The lowest BCUT2D eigenvalue weighted by atomic mass is 10.2. The average Bonchev–Trinajstić information content (AvgIpc) is 3.68. The van der Waals surface area contributed by atoms with Gasteiger partial charge in [0, 0.05) is 9.79 Å². The number of methoxy groups -OCH3 is 2. The highest BCUT2D eigenvalue weighted by molar-refractivity contribution is 7.99. The Bertz CT molecular complexity index is 1900. The van der Waals surface area contributed by atoms with Crippen LogP contribution < -0.4 is 0 Å². The monoisotopic (exact) mass is 708 g/mol. The molecule has 0 atom stereocenters. The van der Waals surface area contributed by atoms with Crippen LogP contribution in [-0.2, 0) is 9.47 Å². The third kappa shape index (κ3) is 8.57. The summed E-state index contributed by atoms with van der Waals surface area (Å²) in [4.78, 5) is 40.4. The first-order valence-electron chi connectivity index (χ1n) is 11.9. The predicted octanol–water partition coefficient (Wildman–Crippen LogP) is 9.04. The first-order chi connectivity index (χ1) is 20.7. The van der Waals surface area contributed by atoms with Gasteiger partial charge in [0.15, 0.2) is 5.15 Å². The van der Waals surface area contributed by atoms with E-state index in [1.807, 2.05) is 41.1 Å². The lowest BCUT2D eigenvalue weighted by molar-refractivity contribution is 0.0588. The summed E-state index contributed by atoms with van der Waals surface area (Å²) < 4.78 is 11.2. The lowest BCUT2D eigenvalue weighted by Gasteiger charge is -2.07. The summed E-state index contributed by atoms with van der Waals surface area (Å²) >= 11 is 25.8. The molecule has 0 radical (unpaired) electrons. The van der Waals surface area contributed by atoms with Crippen molar-refractivity contribution in [2.75, 3.05) is 14.2 Å². The number of carbonyl (C=O) groups is 2. The van der Waals surface area contributed by atoms with Crippen LogP contribution in [0.1, 0.15) is 20.7 Å². The molecular weight excluding hydrogens is 691 g/mol. The molecule has 0 bridgehead atoms. The zero-order valence-electron chi connectivity index (χ0n) is 22.2. The highest BCUT2D eigenvalue weighted by Gasteiger charge is 2.16. The SMILES string of the molecule is COC(=O)c1ccccc1S.COC(=O)c1ccccc1Sc1nc(Cl)nc2ccsc12.Clc1nc(Cl)c2sccc2n1. The Kier molecular flexibility index (Phi) is 12.0. The van der Waals surface area contributed by atoms with Crippen molar-refractivity contribution in [2.45, 2.75) is 14.8 Å². The molecule has 0 fully saturated rings. The standard InChI is InChI=1S/C14H9ClN2O2S2.C8H8O2S.C6H2Cl2N2S/c1-19-13(18)8-4-2-3-5-10(8)21-12-11-9(6-7-20-11)16-14(15)17-12;1-10-8(9)6-4-2-3-5-7(6)11;7-5-4-3(1-2-11-4)9-6(8)10-5/h2-7H,1H3;2-5,11H,1H3;1-2H. The highest BCUT2D eigenvalue weighted by Crippen LogP contribution is 2.36. The number of esters is 2. The number of thiophene rings is 2. The number of benzene rings is 2.